The Hall–Kier alpha value is -1.82. The number of nitrogens with zero attached hydrogens (tertiary/aromatic N) is 2. The molecule has 1 fully saturated rings. The molecule has 0 saturated heterocycles. The Balaban J connectivity index is 2.48. The van der Waals surface area contributed by atoms with Gasteiger partial charge in [0.1, 0.15) is 0 Å². The Morgan fingerprint density at radius 3 is 2.65 bits per heavy atom. The van der Waals surface area contributed by atoms with Gasteiger partial charge in [-0.2, -0.15) is 0 Å². The quantitative estimate of drug-likeness (QED) is 0.644. The first kappa shape index (κ1) is 14.6. The van der Waals surface area contributed by atoms with Gasteiger partial charge in [-0.25, -0.2) is 4.79 Å². The zero-order chi connectivity index (χ0) is 14.9. The van der Waals surface area contributed by atoms with Crippen molar-refractivity contribution in [1.82, 2.24) is 0 Å². The Bertz CT molecular complexity index is 558. The number of carbonyl (C=O) groups is 1. The van der Waals surface area contributed by atoms with E-state index in [9.17, 15) is 20.0 Å². The maximum atomic E-state index is 11.4. The first-order valence-corrected chi connectivity index (χ1v) is 6.78. The van der Waals surface area contributed by atoms with E-state index < -0.39 is 10.9 Å². The van der Waals surface area contributed by atoms with E-state index in [1.807, 2.05) is 11.8 Å². The molecule has 6 nitrogen and oxygen atoms in total. The van der Waals surface area contributed by atoms with Crippen LogP contribution in [0.25, 0.3) is 0 Å². The van der Waals surface area contributed by atoms with Crippen LogP contribution in [0.2, 0.25) is 5.02 Å². The van der Waals surface area contributed by atoms with Crippen molar-refractivity contribution < 1.29 is 14.8 Å². The van der Waals surface area contributed by atoms with E-state index >= 15 is 0 Å². The van der Waals surface area contributed by atoms with E-state index in [1.165, 1.54) is 6.07 Å². The van der Waals surface area contributed by atoms with Gasteiger partial charge < -0.3 is 10.0 Å². The maximum absolute atomic E-state index is 11.4. The lowest BCUT2D eigenvalue weighted by Gasteiger charge is -2.25. The fourth-order valence-electron chi connectivity index (χ4n) is 2.17. The van der Waals surface area contributed by atoms with Crippen LogP contribution in [-0.4, -0.2) is 29.1 Å². The normalized spacial score (nSPS) is 14.1. The van der Waals surface area contributed by atoms with Crippen LogP contribution in [0, 0.1) is 16.0 Å². The molecule has 1 aliphatic rings. The van der Waals surface area contributed by atoms with E-state index in [0.29, 0.717) is 18.2 Å². The van der Waals surface area contributed by atoms with E-state index in [4.69, 9.17) is 11.6 Å². The maximum Gasteiger partial charge on any atom is 0.338 e. The molecule has 2 rings (SSSR count). The number of carboxylic acids is 1. The summed E-state index contributed by atoms with van der Waals surface area (Å²) in [7, 11) is 0. The number of hydrogen-bond donors (Lipinski definition) is 1. The molecular formula is C13H15ClN2O4. The van der Waals surface area contributed by atoms with Gasteiger partial charge in [0.15, 0.2) is 0 Å². The Kier molecular flexibility index (Phi) is 4.13. The smallest absolute Gasteiger partial charge is 0.338 e. The summed E-state index contributed by atoms with van der Waals surface area (Å²) < 4.78 is 0. The molecule has 20 heavy (non-hydrogen) atoms. The summed E-state index contributed by atoms with van der Waals surface area (Å²) >= 11 is 6.09. The summed E-state index contributed by atoms with van der Waals surface area (Å²) in [5, 5.41) is 20.2. The average Bonchev–Trinajstić information content (AvgIpc) is 3.19. The van der Waals surface area contributed by atoms with E-state index in [-0.39, 0.29) is 16.3 Å². The third-order valence-electron chi connectivity index (χ3n) is 3.36. The molecule has 0 spiro atoms. The molecule has 0 atom stereocenters. The van der Waals surface area contributed by atoms with E-state index in [0.717, 1.165) is 25.5 Å². The van der Waals surface area contributed by atoms with Crippen LogP contribution in [0.5, 0.6) is 0 Å². The number of halogens is 1. The van der Waals surface area contributed by atoms with Crippen molar-refractivity contribution in [1.29, 1.82) is 0 Å². The van der Waals surface area contributed by atoms with Crippen molar-refractivity contribution in [2.24, 2.45) is 5.92 Å². The molecule has 1 aromatic rings. The van der Waals surface area contributed by atoms with Crippen LogP contribution in [0.3, 0.4) is 0 Å². The number of non-ortho nitro benzene ring substituents is 1. The molecule has 1 aromatic carbocycles. The minimum atomic E-state index is -1.21. The van der Waals surface area contributed by atoms with Crippen LogP contribution in [0.1, 0.15) is 30.1 Å². The second-order valence-corrected chi connectivity index (χ2v) is 5.28. The van der Waals surface area contributed by atoms with Gasteiger partial charge in [-0.1, -0.05) is 11.6 Å². The van der Waals surface area contributed by atoms with Gasteiger partial charge in [0.25, 0.3) is 5.69 Å². The fraction of sp³-hybridized carbons (Fsp3) is 0.462. The number of carboxylic acid groups (broad SMARTS) is 1. The van der Waals surface area contributed by atoms with Crippen molar-refractivity contribution in [2.45, 2.75) is 19.8 Å². The summed E-state index contributed by atoms with van der Waals surface area (Å²) in [4.78, 5) is 23.4. The number of anilines is 1. The predicted octanol–water partition coefficient (Wildman–Crippen LogP) is 3.18. The number of benzene rings is 1. The number of nitro groups is 1. The zero-order valence-corrected chi connectivity index (χ0v) is 11.8. The van der Waals surface area contributed by atoms with Crippen molar-refractivity contribution >= 4 is 28.9 Å². The lowest BCUT2D eigenvalue weighted by Crippen LogP contribution is -2.27. The third-order valence-corrected chi connectivity index (χ3v) is 3.65. The van der Waals surface area contributed by atoms with Gasteiger partial charge in [-0.05, 0) is 25.7 Å². The first-order valence-electron chi connectivity index (χ1n) is 6.40. The fourth-order valence-corrected chi connectivity index (χ4v) is 2.50. The average molecular weight is 299 g/mol. The Morgan fingerprint density at radius 2 is 2.20 bits per heavy atom. The lowest BCUT2D eigenvalue weighted by molar-refractivity contribution is -0.384. The van der Waals surface area contributed by atoms with Gasteiger partial charge in [-0.3, -0.25) is 10.1 Å². The first-order chi connectivity index (χ1) is 9.43. The molecule has 108 valence electrons. The summed E-state index contributed by atoms with van der Waals surface area (Å²) in [5.74, 6) is -0.650. The molecule has 1 saturated carbocycles. The standard InChI is InChI=1S/C13H15ClN2O4/c1-2-15(7-8-3-4-8)12-10(13(17)18)5-9(16(19)20)6-11(12)14/h5-6,8H,2-4,7H2,1H3,(H,17,18). The number of rotatable bonds is 6. The van der Waals surface area contributed by atoms with Gasteiger partial charge in [-0.15, -0.1) is 0 Å². The highest BCUT2D eigenvalue weighted by atomic mass is 35.5. The highest BCUT2D eigenvalue weighted by Crippen LogP contribution is 2.37. The largest absolute Gasteiger partial charge is 0.478 e. The summed E-state index contributed by atoms with van der Waals surface area (Å²) in [6.07, 6.45) is 2.26. The molecule has 0 heterocycles. The van der Waals surface area contributed by atoms with Gasteiger partial charge in [0.05, 0.1) is 21.2 Å². The Labute approximate surface area is 121 Å². The van der Waals surface area contributed by atoms with Crippen LogP contribution < -0.4 is 4.90 Å². The minimum Gasteiger partial charge on any atom is -0.478 e. The molecule has 0 radical (unpaired) electrons. The third kappa shape index (κ3) is 3.01. The van der Waals surface area contributed by atoms with Gasteiger partial charge in [0, 0.05) is 25.2 Å². The molecule has 1 N–H and O–H groups in total. The van der Waals surface area contributed by atoms with E-state index in [1.54, 1.807) is 0 Å². The molecule has 0 aliphatic heterocycles. The van der Waals surface area contributed by atoms with Crippen LogP contribution in [-0.2, 0) is 0 Å². The summed E-state index contributed by atoms with van der Waals surface area (Å²) in [5.41, 5.74) is -0.0514. The zero-order valence-electron chi connectivity index (χ0n) is 11.0. The Morgan fingerprint density at radius 1 is 1.55 bits per heavy atom. The molecule has 0 unspecified atom stereocenters. The van der Waals surface area contributed by atoms with Crippen molar-refractivity contribution in [2.75, 3.05) is 18.0 Å². The van der Waals surface area contributed by atoms with Crippen molar-refractivity contribution in [3.63, 3.8) is 0 Å². The highest BCUT2D eigenvalue weighted by molar-refractivity contribution is 6.34. The highest BCUT2D eigenvalue weighted by Gasteiger charge is 2.28. The molecule has 0 amide bonds. The van der Waals surface area contributed by atoms with Gasteiger partial charge >= 0.3 is 5.97 Å². The van der Waals surface area contributed by atoms with E-state index in [2.05, 4.69) is 0 Å². The lowest BCUT2D eigenvalue weighted by atomic mass is 10.1. The van der Waals surface area contributed by atoms with Crippen LogP contribution >= 0.6 is 11.6 Å². The second-order valence-electron chi connectivity index (χ2n) is 4.87. The summed E-state index contributed by atoms with van der Waals surface area (Å²) in [6.45, 7) is 3.24. The van der Waals surface area contributed by atoms with Crippen LogP contribution in [0.15, 0.2) is 12.1 Å². The minimum absolute atomic E-state index is 0.110. The summed E-state index contributed by atoms with van der Waals surface area (Å²) in [6, 6.07) is 2.28. The predicted molar refractivity (Wildman–Crippen MR) is 75.7 cm³/mol. The number of nitro benzene ring substituents is 1. The monoisotopic (exact) mass is 298 g/mol. The molecule has 0 bridgehead atoms. The SMILES string of the molecule is CCN(CC1CC1)c1c(Cl)cc([N+](=O)[O-])cc1C(=O)O. The number of hydrogen-bond acceptors (Lipinski definition) is 4. The second kappa shape index (κ2) is 5.66. The van der Waals surface area contributed by atoms with Crippen molar-refractivity contribution in [3.8, 4) is 0 Å². The van der Waals surface area contributed by atoms with Crippen molar-refractivity contribution in [3.05, 3.63) is 32.8 Å². The molecular weight excluding hydrogens is 284 g/mol. The van der Waals surface area contributed by atoms with Gasteiger partial charge in [0.2, 0.25) is 0 Å². The molecule has 1 aliphatic carbocycles. The van der Waals surface area contributed by atoms with Crippen LogP contribution in [0.4, 0.5) is 11.4 Å². The number of aromatic carboxylic acids is 1. The topological polar surface area (TPSA) is 83.7 Å². The molecule has 7 heteroatoms. The molecule has 0 aromatic heterocycles.